The van der Waals surface area contributed by atoms with E-state index >= 15 is 0 Å². The normalized spacial score (nSPS) is 13.2. The lowest BCUT2D eigenvalue weighted by atomic mass is 9.93. The van der Waals surface area contributed by atoms with Crippen LogP contribution >= 0.6 is 0 Å². The SMILES string of the molecule is COC(=O)[C@H](Cc1ccccc1)[C@H](C)NC(=O)c1ccoc1. The maximum absolute atomic E-state index is 12.1. The molecule has 2 aromatic rings. The number of benzene rings is 1. The summed E-state index contributed by atoms with van der Waals surface area (Å²) in [6, 6.07) is 10.8. The Hall–Kier alpha value is -2.56. The summed E-state index contributed by atoms with van der Waals surface area (Å²) >= 11 is 0. The number of amides is 1. The summed E-state index contributed by atoms with van der Waals surface area (Å²) < 4.78 is 9.76. The van der Waals surface area contributed by atoms with Crippen LogP contribution in [0.15, 0.2) is 53.3 Å². The van der Waals surface area contributed by atoms with E-state index in [-0.39, 0.29) is 17.9 Å². The molecule has 5 heteroatoms. The van der Waals surface area contributed by atoms with Gasteiger partial charge in [0.15, 0.2) is 0 Å². The van der Waals surface area contributed by atoms with Crippen LogP contribution in [0.2, 0.25) is 0 Å². The standard InChI is InChI=1S/C17H19NO4/c1-12(18-16(19)14-8-9-22-11-14)15(17(20)21-2)10-13-6-4-3-5-7-13/h3-9,11-12,15H,10H2,1-2H3,(H,18,19)/t12-,15+/m0/s1. The van der Waals surface area contributed by atoms with Gasteiger partial charge in [0.05, 0.1) is 24.9 Å². The molecule has 0 saturated carbocycles. The van der Waals surface area contributed by atoms with Gasteiger partial charge in [-0.3, -0.25) is 9.59 Å². The molecule has 1 N–H and O–H groups in total. The summed E-state index contributed by atoms with van der Waals surface area (Å²) in [5.41, 5.74) is 1.44. The fourth-order valence-electron chi connectivity index (χ4n) is 2.27. The van der Waals surface area contributed by atoms with Crippen molar-refractivity contribution in [3.05, 3.63) is 60.1 Å². The van der Waals surface area contributed by atoms with Gasteiger partial charge in [0.25, 0.3) is 5.91 Å². The lowest BCUT2D eigenvalue weighted by Gasteiger charge is -2.22. The topological polar surface area (TPSA) is 68.5 Å². The van der Waals surface area contributed by atoms with E-state index < -0.39 is 5.92 Å². The third-order valence-electron chi connectivity index (χ3n) is 3.55. The van der Waals surface area contributed by atoms with Gasteiger partial charge in [-0.25, -0.2) is 0 Å². The highest BCUT2D eigenvalue weighted by molar-refractivity contribution is 5.94. The maximum Gasteiger partial charge on any atom is 0.311 e. The molecule has 0 fully saturated rings. The van der Waals surface area contributed by atoms with Gasteiger partial charge in [0.1, 0.15) is 6.26 Å². The number of hydrogen-bond acceptors (Lipinski definition) is 4. The number of carbonyl (C=O) groups is 2. The van der Waals surface area contributed by atoms with Gasteiger partial charge in [-0.15, -0.1) is 0 Å². The van der Waals surface area contributed by atoms with E-state index in [4.69, 9.17) is 9.15 Å². The summed E-state index contributed by atoms with van der Waals surface area (Å²) in [5, 5.41) is 2.82. The number of ether oxygens (including phenoxy) is 1. The van der Waals surface area contributed by atoms with Crippen LogP contribution < -0.4 is 5.32 Å². The minimum Gasteiger partial charge on any atom is -0.472 e. The maximum atomic E-state index is 12.1. The molecule has 5 nitrogen and oxygen atoms in total. The summed E-state index contributed by atoms with van der Waals surface area (Å²) in [7, 11) is 1.35. The molecule has 22 heavy (non-hydrogen) atoms. The van der Waals surface area contributed by atoms with E-state index in [1.807, 2.05) is 30.3 Å². The largest absolute Gasteiger partial charge is 0.472 e. The molecule has 0 aliphatic heterocycles. The van der Waals surface area contributed by atoms with Gasteiger partial charge in [0, 0.05) is 6.04 Å². The average molecular weight is 301 g/mol. The molecule has 0 bridgehead atoms. The van der Waals surface area contributed by atoms with Gasteiger partial charge in [-0.2, -0.15) is 0 Å². The van der Waals surface area contributed by atoms with Crippen LogP contribution in [0.4, 0.5) is 0 Å². The zero-order chi connectivity index (χ0) is 15.9. The minimum atomic E-state index is -0.455. The Balaban J connectivity index is 2.07. The van der Waals surface area contributed by atoms with Crippen molar-refractivity contribution in [3.63, 3.8) is 0 Å². The van der Waals surface area contributed by atoms with Crippen LogP contribution in [0.5, 0.6) is 0 Å². The van der Waals surface area contributed by atoms with Crippen molar-refractivity contribution in [1.29, 1.82) is 0 Å². The fraction of sp³-hybridized carbons (Fsp3) is 0.294. The molecule has 0 unspecified atom stereocenters. The van der Waals surface area contributed by atoms with Gasteiger partial charge >= 0.3 is 5.97 Å². The van der Waals surface area contributed by atoms with Gasteiger partial charge in [-0.1, -0.05) is 30.3 Å². The minimum absolute atomic E-state index is 0.275. The van der Waals surface area contributed by atoms with E-state index in [0.29, 0.717) is 12.0 Å². The number of hydrogen-bond donors (Lipinski definition) is 1. The van der Waals surface area contributed by atoms with Crippen LogP contribution in [0, 0.1) is 5.92 Å². The molecule has 1 amide bonds. The Bertz CT molecular complexity index is 607. The molecule has 0 aliphatic carbocycles. The van der Waals surface area contributed by atoms with Crippen molar-refractivity contribution < 1.29 is 18.7 Å². The summed E-state index contributed by atoms with van der Waals surface area (Å²) in [6.07, 6.45) is 3.30. The monoisotopic (exact) mass is 301 g/mol. The van der Waals surface area contributed by atoms with E-state index in [9.17, 15) is 9.59 Å². The highest BCUT2D eigenvalue weighted by Crippen LogP contribution is 2.15. The summed E-state index contributed by atoms with van der Waals surface area (Å²) in [5.74, 6) is -1.07. The van der Waals surface area contributed by atoms with Crippen molar-refractivity contribution in [2.75, 3.05) is 7.11 Å². The molecule has 1 aromatic heterocycles. The quantitative estimate of drug-likeness (QED) is 0.832. The van der Waals surface area contributed by atoms with Crippen LogP contribution in [0.3, 0.4) is 0 Å². The molecular formula is C17H19NO4. The molecule has 0 spiro atoms. The predicted octanol–water partition coefficient (Wildman–Crippen LogP) is 2.43. The molecular weight excluding hydrogens is 282 g/mol. The van der Waals surface area contributed by atoms with Crippen molar-refractivity contribution >= 4 is 11.9 Å². The second-order valence-corrected chi connectivity index (χ2v) is 5.09. The van der Waals surface area contributed by atoms with Crippen molar-refractivity contribution in [2.24, 2.45) is 5.92 Å². The second kappa shape index (κ2) is 7.45. The van der Waals surface area contributed by atoms with Crippen molar-refractivity contribution in [1.82, 2.24) is 5.32 Å². The smallest absolute Gasteiger partial charge is 0.311 e. The molecule has 2 rings (SSSR count). The lowest BCUT2D eigenvalue weighted by molar-refractivity contribution is -0.146. The fourth-order valence-corrected chi connectivity index (χ4v) is 2.27. The number of rotatable bonds is 6. The van der Waals surface area contributed by atoms with Crippen LogP contribution in [-0.4, -0.2) is 25.0 Å². The first-order chi connectivity index (χ1) is 10.6. The molecule has 0 aliphatic rings. The van der Waals surface area contributed by atoms with Crippen LogP contribution in [-0.2, 0) is 16.0 Å². The number of carbonyl (C=O) groups excluding carboxylic acids is 2. The number of furan rings is 1. The summed E-state index contributed by atoms with van der Waals surface area (Å²) in [4.78, 5) is 24.1. The Morgan fingerprint density at radius 3 is 2.55 bits per heavy atom. The van der Waals surface area contributed by atoms with E-state index in [2.05, 4.69) is 5.32 Å². The first-order valence-electron chi connectivity index (χ1n) is 7.06. The van der Waals surface area contributed by atoms with E-state index in [0.717, 1.165) is 5.56 Å². The van der Waals surface area contributed by atoms with Gasteiger partial charge in [-0.05, 0) is 25.0 Å². The highest BCUT2D eigenvalue weighted by atomic mass is 16.5. The van der Waals surface area contributed by atoms with E-state index in [1.54, 1.807) is 13.0 Å². The van der Waals surface area contributed by atoms with Gasteiger partial charge < -0.3 is 14.5 Å². The second-order valence-electron chi connectivity index (χ2n) is 5.09. The predicted molar refractivity (Wildman–Crippen MR) is 81.3 cm³/mol. The van der Waals surface area contributed by atoms with Crippen LogP contribution in [0.1, 0.15) is 22.8 Å². The number of nitrogens with one attached hydrogen (secondary N) is 1. The molecule has 2 atom stereocenters. The lowest BCUT2D eigenvalue weighted by Crippen LogP contribution is -2.42. The molecule has 0 saturated heterocycles. The Morgan fingerprint density at radius 1 is 1.23 bits per heavy atom. The highest BCUT2D eigenvalue weighted by Gasteiger charge is 2.28. The number of methoxy groups -OCH3 is 1. The first kappa shape index (κ1) is 15.8. The van der Waals surface area contributed by atoms with Crippen molar-refractivity contribution in [3.8, 4) is 0 Å². The summed E-state index contributed by atoms with van der Waals surface area (Å²) in [6.45, 7) is 1.79. The third-order valence-corrected chi connectivity index (χ3v) is 3.55. The number of esters is 1. The third kappa shape index (κ3) is 3.97. The van der Waals surface area contributed by atoms with Gasteiger partial charge in [0.2, 0.25) is 0 Å². The molecule has 1 heterocycles. The van der Waals surface area contributed by atoms with Crippen LogP contribution in [0.25, 0.3) is 0 Å². The zero-order valence-electron chi connectivity index (χ0n) is 12.6. The zero-order valence-corrected chi connectivity index (χ0v) is 12.6. The molecule has 116 valence electrons. The Morgan fingerprint density at radius 2 is 1.95 bits per heavy atom. The first-order valence-corrected chi connectivity index (χ1v) is 7.06. The molecule has 1 aromatic carbocycles. The Kier molecular flexibility index (Phi) is 5.36. The van der Waals surface area contributed by atoms with Crippen molar-refractivity contribution in [2.45, 2.75) is 19.4 Å². The molecule has 0 radical (unpaired) electrons. The Labute approximate surface area is 129 Å². The van der Waals surface area contributed by atoms with E-state index in [1.165, 1.54) is 19.6 Å². The average Bonchev–Trinajstić information content (AvgIpc) is 3.07.